The summed E-state index contributed by atoms with van der Waals surface area (Å²) in [6, 6.07) is -1.49. The smallest absolute Gasteiger partial charge is 0.328 e. The molecule has 5 amide bonds. The topological polar surface area (TPSA) is 241 Å². The normalized spacial score (nSPS) is 17.4. The molecule has 2 fully saturated rings. The molecule has 4 atom stereocenters. The number of hydrogen-bond donors (Lipinski definition) is 6. The van der Waals surface area contributed by atoms with Gasteiger partial charge in [0.2, 0.25) is 11.8 Å². The Hall–Kier alpha value is -4.08. The number of nitrogens with zero attached hydrogens (tertiary/aromatic N) is 3. The molecule has 0 bridgehead atoms. The van der Waals surface area contributed by atoms with Crippen molar-refractivity contribution < 1.29 is 56.2 Å². The van der Waals surface area contributed by atoms with E-state index in [4.69, 9.17) is 15.4 Å². The Balaban J connectivity index is 1.34. The molecule has 2 heterocycles. The molecule has 3 rings (SSSR count). The van der Waals surface area contributed by atoms with Crippen molar-refractivity contribution >= 4 is 74.7 Å². The molecule has 0 aliphatic carbocycles. The van der Waals surface area contributed by atoms with Crippen LogP contribution in [-0.2, 0) is 23.9 Å². The van der Waals surface area contributed by atoms with E-state index in [1.54, 1.807) is 11.8 Å². The number of carboxylic acid groups (broad SMARTS) is 1. The second-order valence-electron chi connectivity index (χ2n) is 13.1. The van der Waals surface area contributed by atoms with Gasteiger partial charge in [0.15, 0.2) is 23.3 Å². The van der Waals surface area contributed by atoms with Crippen LogP contribution in [0.4, 0.5) is 28.0 Å². The van der Waals surface area contributed by atoms with Gasteiger partial charge in [-0.25, -0.2) is 27.2 Å². The molecule has 23 heteroatoms. The van der Waals surface area contributed by atoms with Gasteiger partial charge in [-0.15, -0.1) is 11.8 Å². The van der Waals surface area contributed by atoms with Crippen molar-refractivity contribution in [3.63, 3.8) is 0 Å². The summed E-state index contributed by atoms with van der Waals surface area (Å²) in [6.07, 6.45) is 5.58. The standard InChI is InChI=1S/C34H46F4N8O8S3/c35-25-24(26(36)28(38)30(27(25)37)45-46-39)31(51)42-20(33(52)54-15-17-57-56-16-12-23(49)50)9-5-7-14-41-21(47)10-2-1-6-13-40-22(48)11-4-3-8-19-18-55-32-29(19)43-34(53)44-32/h19-20,29,32H,1-18H2,(H,40,48)(H,41,47)(H,42,51)(H,49,50)(H2,43,44,53)/t19-,20+,29-,32+/m1/s1. The average Bonchev–Trinajstić information content (AvgIpc) is 3.73. The Morgan fingerprint density at radius 1 is 0.877 bits per heavy atom. The van der Waals surface area contributed by atoms with Crippen LogP contribution in [0.25, 0.3) is 10.4 Å². The van der Waals surface area contributed by atoms with E-state index in [9.17, 15) is 46.3 Å². The third kappa shape index (κ3) is 16.0. The van der Waals surface area contributed by atoms with Crippen molar-refractivity contribution in [1.29, 1.82) is 0 Å². The summed E-state index contributed by atoms with van der Waals surface area (Å²) in [4.78, 5) is 74.4. The third-order valence-electron chi connectivity index (χ3n) is 8.86. The van der Waals surface area contributed by atoms with Crippen LogP contribution in [0.15, 0.2) is 5.11 Å². The molecular formula is C34H46F4N8O8S3. The molecule has 6 N–H and O–H groups in total. The van der Waals surface area contributed by atoms with Crippen LogP contribution < -0.4 is 26.6 Å². The van der Waals surface area contributed by atoms with E-state index < -0.39 is 58.4 Å². The van der Waals surface area contributed by atoms with Gasteiger partial charge in [0.25, 0.3) is 5.91 Å². The predicted molar refractivity (Wildman–Crippen MR) is 206 cm³/mol. The number of azide groups is 1. The number of nitrogens with one attached hydrogen (secondary N) is 5. The van der Waals surface area contributed by atoms with Crippen LogP contribution in [0.3, 0.4) is 0 Å². The second-order valence-corrected chi connectivity index (χ2v) is 16.9. The number of hydrogen-bond acceptors (Lipinski definition) is 11. The van der Waals surface area contributed by atoms with Gasteiger partial charge in [-0.2, -0.15) is 0 Å². The number of unbranched alkanes of at least 4 members (excludes halogenated alkanes) is 4. The molecule has 0 radical (unpaired) electrons. The number of benzene rings is 1. The number of ether oxygens (including phenoxy) is 1. The fourth-order valence-corrected chi connectivity index (χ4v) is 9.25. The van der Waals surface area contributed by atoms with Crippen LogP contribution in [0.2, 0.25) is 0 Å². The monoisotopic (exact) mass is 866 g/mol. The van der Waals surface area contributed by atoms with Gasteiger partial charge in [0.05, 0.1) is 17.8 Å². The molecule has 57 heavy (non-hydrogen) atoms. The van der Waals surface area contributed by atoms with E-state index in [1.165, 1.54) is 21.6 Å². The molecule has 2 saturated heterocycles. The first-order chi connectivity index (χ1) is 27.3. The highest BCUT2D eigenvalue weighted by molar-refractivity contribution is 8.76. The summed E-state index contributed by atoms with van der Waals surface area (Å²) in [5.41, 5.74) is 5.15. The van der Waals surface area contributed by atoms with Crippen LogP contribution in [0.1, 0.15) is 87.4 Å². The highest BCUT2D eigenvalue weighted by Gasteiger charge is 2.42. The SMILES string of the molecule is [N-]=[N+]=Nc1c(F)c(F)c(C(=O)N[C@@H](CCCCNC(=O)CCCCCNC(=O)CCCC[C@@H]2CS[C@@H]3NC(=O)N[C@H]23)C(=O)OCCSSCCC(=O)O)c(F)c1F. The Morgan fingerprint density at radius 2 is 1.51 bits per heavy atom. The largest absolute Gasteiger partial charge is 0.481 e. The van der Waals surface area contributed by atoms with Crippen molar-refractivity contribution in [3.05, 3.63) is 39.3 Å². The van der Waals surface area contributed by atoms with Crippen molar-refractivity contribution in [2.75, 3.05) is 37.0 Å². The van der Waals surface area contributed by atoms with Gasteiger partial charge < -0.3 is 36.4 Å². The number of fused-ring (bicyclic) bond motifs is 1. The molecule has 16 nitrogen and oxygen atoms in total. The zero-order valence-electron chi connectivity index (χ0n) is 30.9. The second kappa shape index (κ2) is 25.3. The number of rotatable bonds is 27. The summed E-state index contributed by atoms with van der Waals surface area (Å²) in [6.45, 7) is 0.519. The maximum absolute atomic E-state index is 14.6. The zero-order valence-corrected chi connectivity index (χ0v) is 33.4. The van der Waals surface area contributed by atoms with Gasteiger partial charge >= 0.3 is 18.0 Å². The van der Waals surface area contributed by atoms with E-state index in [2.05, 4.69) is 31.3 Å². The maximum atomic E-state index is 14.6. The number of aliphatic carboxylic acids is 1. The molecule has 1 aromatic carbocycles. The number of urea groups is 1. The van der Waals surface area contributed by atoms with Crippen molar-refractivity contribution in [2.45, 2.75) is 94.5 Å². The lowest BCUT2D eigenvalue weighted by molar-refractivity contribution is -0.145. The van der Waals surface area contributed by atoms with Crippen LogP contribution in [-0.4, -0.2) is 95.2 Å². The number of halogens is 4. The highest BCUT2D eigenvalue weighted by atomic mass is 33.1. The van der Waals surface area contributed by atoms with Crippen LogP contribution in [0, 0.1) is 29.2 Å². The van der Waals surface area contributed by atoms with Gasteiger partial charge in [-0.3, -0.25) is 19.2 Å². The van der Waals surface area contributed by atoms with Crippen LogP contribution in [0.5, 0.6) is 0 Å². The minimum atomic E-state index is -2.14. The highest BCUT2D eigenvalue weighted by Crippen LogP contribution is 2.35. The lowest BCUT2D eigenvalue weighted by Gasteiger charge is -2.19. The summed E-state index contributed by atoms with van der Waals surface area (Å²) in [7, 11) is 2.45. The summed E-state index contributed by atoms with van der Waals surface area (Å²) >= 11 is 1.75. The van der Waals surface area contributed by atoms with Crippen molar-refractivity contribution in [1.82, 2.24) is 26.6 Å². The number of amides is 5. The summed E-state index contributed by atoms with van der Waals surface area (Å²) in [5, 5.41) is 24.9. The Morgan fingerprint density at radius 3 is 2.16 bits per heavy atom. The molecule has 0 unspecified atom stereocenters. The Labute approximate surface area is 338 Å². The molecule has 1 aromatic rings. The average molecular weight is 867 g/mol. The Kier molecular flexibility index (Phi) is 21.0. The van der Waals surface area contributed by atoms with E-state index in [-0.39, 0.29) is 73.8 Å². The van der Waals surface area contributed by atoms with E-state index in [1.807, 2.05) is 5.32 Å². The minimum absolute atomic E-state index is 0.0246. The zero-order chi connectivity index (χ0) is 41.7. The quantitative estimate of drug-likeness (QED) is 0.00933. The molecule has 316 valence electrons. The number of carboxylic acids is 1. The minimum Gasteiger partial charge on any atom is -0.481 e. The number of esters is 1. The number of carbonyl (C=O) groups is 6. The van der Waals surface area contributed by atoms with Gasteiger partial charge in [-0.05, 0) is 56.4 Å². The number of thioether (sulfide) groups is 1. The maximum Gasteiger partial charge on any atom is 0.328 e. The van der Waals surface area contributed by atoms with Gasteiger partial charge in [-0.1, -0.05) is 39.5 Å². The van der Waals surface area contributed by atoms with E-state index in [0.29, 0.717) is 50.3 Å². The molecule has 2 aliphatic rings. The third-order valence-corrected chi connectivity index (χ3v) is 12.6. The van der Waals surface area contributed by atoms with Gasteiger partial charge in [0, 0.05) is 48.1 Å². The predicted octanol–water partition coefficient (Wildman–Crippen LogP) is 5.58. The first-order valence-corrected chi connectivity index (χ1v) is 21.9. The lowest BCUT2D eigenvalue weighted by atomic mass is 9.96. The van der Waals surface area contributed by atoms with Crippen molar-refractivity contribution in [3.8, 4) is 0 Å². The first kappa shape index (κ1) is 47.3. The lowest BCUT2D eigenvalue weighted by Crippen LogP contribution is -2.43. The molecule has 0 spiro atoms. The summed E-state index contributed by atoms with van der Waals surface area (Å²) < 4.78 is 63.0. The van der Waals surface area contributed by atoms with E-state index in [0.717, 1.165) is 25.0 Å². The molecule has 0 saturated carbocycles. The molecule has 0 aromatic heterocycles. The van der Waals surface area contributed by atoms with Crippen molar-refractivity contribution in [2.24, 2.45) is 11.0 Å². The van der Waals surface area contributed by atoms with Gasteiger partial charge in [0.1, 0.15) is 23.9 Å². The van der Waals surface area contributed by atoms with Crippen LogP contribution >= 0.6 is 33.3 Å². The number of carbonyl (C=O) groups excluding carboxylic acids is 5. The van der Waals surface area contributed by atoms with E-state index >= 15 is 0 Å². The molecule has 2 aliphatic heterocycles. The first-order valence-electron chi connectivity index (χ1n) is 18.4. The Bertz CT molecular complexity index is 1620. The summed E-state index contributed by atoms with van der Waals surface area (Å²) in [5.74, 6) is -10.5. The fraction of sp³-hybridized carbons (Fsp3) is 0.647. The fourth-order valence-electron chi connectivity index (χ4n) is 5.93. The molecular weight excluding hydrogens is 821 g/mol.